The fraction of sp³-hybridized carbons (Fsp3) is 0.273. The number of nitrogens with one attached hydrogen (secondary N) is 1. The van der Waals surface area contributed by atoms with Crippen LogP contribution in [-0.2, 0) is 16.6 Å². The third-order valence-corrected chi connectivity index (χ3v) is 5.62. The van der Waals surface area contributed by atoms with Crippen LogP contribution in [0.5, 0.6) is 0 Å². The maximum absolute atomic E-state index is 12.2. The molecule has 2 heterocycles. The summed E-state index contributed by atoms with van der Waals surface area (Å²) in [5.74, 6) is 0.617. The van der Waals surface area contributed by atoms with E-state index in [1.807, 2.05) is 0 Å². The van der Waals surface area contributed by atoms with E-state index in [1.54, 1.807) is 32.2 Å². The van der Waals surface area contributed by atoms with E-state index in [9.17, 15) is 8.42 Å². The lowest BCUT2D eigenvalue weighted by molar-refractivity contribution is 0.580. The molecule has 0 fully saturated rings. The number of sulfonamides is 1. The van der Waals surface area contributed by atoms with Gasteiger partial charge in [0.25, 0.3) is 0 Å². The van der Waals surface area contributed by atoms with Crippen molar-refractivity contribution >= 4 is 37.3 Å². The monoisotopic (exact) mass is 361 g/mol. The Bertz CT molecular complexity index is 698. The van der Waals surface area contributed by atoms with E-state index in [0.717, 1.165) is 8.66 Å². The summed E-state index contributed by atoms with van der Waals surface area (Å²) >= 11 is 4.68. The average molecular weight is 362 g/mol. The Morgan fingerprint density at radius 1 is 1.42 bits per heavy atom. The maximum atomic E-state index is 12.2. The average Bonchev–Trinajstić information content (AvgIpc) is 2.67. The van der Waals surface area contributed by atoms with Crippen LogP contribution in [0.15, 0.2) is 27.0 Å². The van der Waals surface area contributed by atoms with Crippen LogP contribution in [0.3, 0.4) is 0 Å². The first-order valence-corrected chi connectivity index (χ1v) is 8.52. The van der Waals surface area contributed by atoms with Crippen LogP contribution in [0.4, 0.5) is 0 Å². The van der Waals surface area contributed by atoms with Gasteiger partial charge in [-0.25, -0.2) is 23.1 Å². The molecule has 19 heavy (non-hydrogen) atoms. The lowest BCUT2D eigenvalue weighted by atomic mass is 10.4. The summed E-state index contributed by atoms with van der Waals surface area (Å²) in [5, 5.41) is 0. The molecule has 1 N–H and O–H groups in total. The van der Waals surface area contributed by atoms with Gasteiger partial charge in [-0.3, -0.25) is 0 Å². The van der Waals surface area contributed by atoms with Gasteiger partial charge in [0.05, 0.1) is 20.9 Å². The second-order valence-electron chi connectivity index (χ2n) is 3.89. The molecule has 8 heteroatoms. The normalized spacial score (nSPS) is 11.7. The van der Waals surface area contributed by atoms with E-state index in [0.29, 0.717) is 16.4 Å². The van der Waals surface area contributed by atoms with Crippen molar-refractivity contribution in [2.75, 3.05) is 0 Å². The van der Waals surface area contributed by atoms with Crippen LogP contribution in [0, 0.1) is 13.8 Å². The number of nitrogens with zero attached hydrogens (tertiary/aromatic N) is 2. The van der Waals surface area contributed by atoms with E-state index in [1.165, 1.54) is 11.3 Å². The number of thiophene rings is 1. The molecule has 0 radical (unpaired) electrons. The molecular weight excluding hydrogens is 350 g/mol. The number of aromatic nitrogens is 2. The molecule has 0 saturated carbocycles. The van der Waals surface area contributed by atoms with Gasteiger partial charge in [-0.05, 0) is 41.9 Å². The minimum absolute atomic E-state index is 0.151. The first kappa shape index (κ1) is 14.6. The molecule has 0 unspecified atom stereocenters. The van der Waals surface area contributed by atoms with E-state index in [2.05, 4.69) is 30.6 Å². The van der Waals surface area contributed by atoms with Crippen molar-refractivity contribution in [2.45, 2.75) is 25.3 Å². The second-order valence-corrected chi connectivity index (χ2v) is 8.26. The van der Waals surface area contributed by atoms with Crippen LogP contribution in [0.1, 0.15) is 16.4 Å². The molecule has 5 nitrogen and oxygen atoms in total. The SMILES string of the molecule is Cc1nccc(CNS(=O)(=O)c2cc(Br)sc2C)n1. The van der Waals surface area contributed by atoms with Gasteiger partial charge in [0.1, 0.15) is 5.82 Å². The molecule has 0 aliphatic heterocycles. The summed E-state index contributed by atoms with van der Waals surface area (Å²) < 4.78 is 27.6. The van der Waals surface area contributed by atoms with E-state index < -0.39 is 10.0 Å². The molecule has 0 saturated heterocycles. The van der Waals surface area contributed by atoms with Gasteiger partial charge >= 0.3 is 0 Å². The summed E-state index contributed by atoms with van der Waals surface area (Å²) in [6, 6.07) is 3.29. The van der Waals surface area contributed by atoms with Crippen molar-refractivity contribution < 1.29 is 8.42 Å². The van der Waals surface area contributed by atoms with Crippen molar-refractivity contribution in [3.05, 3.63) is 38.5 Å². The largest absolute Gasteiger partial charge is 0.242 e. The number of hydrogen-bond acceptors (Lipinski definition) is 5. The molecule has 0 aliphatic carbocycles. The number of halogens is 1. The molecule has 0 aromatic carbocycles. The first-order valence-electron chi connectivity index (χ1n) is 5.42. The third kappa shape index (κ3) is 3.59. The van der Waals surface area contributed by atoms with Crippen LogP contribution in [0.25, 0.3) is 0 Å². The predicted molar refractivity (Wildman–Crippen MR) is 77.6 cm³/mol. The zero-order valence-corrected chi connectivity index (χ0v) is 13.6. The topological polar surface area (TPSA) is 72.0 Å². The highest BCUT2D eigenvalue weighted by Gasteiger charge is 2.19. The second kappa shape index (κ2) is 5.66. The fourth-order valence-electron chi connectivity index (χ4n) is 1.55. The summed E-state index contributed by atoms with van der Waals surface area (Å²) in [6.07, 6.45) is 1.61. The Morgan fingerprint density at radius 3 is 2.74 bits per heavy atom. The summed E-state index contributed by atoms with van der Waals surface area (Å²) in [7, 11) is -3.51. The minimum Gasteiger partial charge on any atom is -0.242 e. The maximum Gasteiger partial charge on any atom is 0.242 e. The van der Waals surface area contributed by atoms with Crippen molar-refractivity contribution in [3.8, 4) is 0 Å². The zero-order valence-electron chi connectivity index (χ0n) is 10.3. The van der Waals surface area contributed by atoms with Crippen molar-refractivity contribution in [2.24, 2.45) is 0 Å². The summed E-state index contributed by atoms with van der Waals surface area (Å²) in [6.45, 7) is 3.69. The molecule has 2 rings (SSSR count). The Kier molecular flexibility index (Phi) is 4.34. The number of hydrogen-bond donors (Lipinski definition) is 1. The van der Waals surface area contributed by atoms with Gasteiger partial charge in [0.2, 0.25) is 10.0 Å². The fourth-order valence-corrected chi connectivity index (χ4v) is 4.96. The molecule has 2 aromatic heterocycles. The summed E-state index contributed by atoms with van der Waals surface area (Å²) in [5.41, 5.74) is 0.642. The first-order chi connectivity index (χ1) is 8.88. The highest BCUT2D eigenvalue weighted by Crippen LogP contribution is 2.29. The van der Waals surface area contributed by atoms with Gasteiger partial charge in [0.15, 0.2) is 0 Å². The molecule has 0 atom stereocenters. The van der Waals surface area contributed by atoms with Gasteiger partial charge in [-0.1, -0.05) is 0 Å². The molecular formula is C11H12BrN3O2S2. The number of aryl methyl sites for hydroxylation is 2. The molecule has 0 aliphatic rings. The lowest BCUT2D eigenvalue weighted by Gasteiger charge is -2.06. The smallest absolute Gasteiger partial charge is 0.242 e. The molecule has 2 aromatic rings. The number of rotatable bonds is 4. The summed E-state index contributed by atoms with van der Waals surface area (Å²) in [4.78, 5) is 9.17. The predicted octanol–water partition coefficient (Wildman–Crippen LogP) is 2.40. The standard InChI is InChI=1S/C11H12BrN3O2S2/c1-7-10(5-11(12)18-7)19(16,17)14-6-9-3-4-13-8(2)15-9/h3-5,14H,6H2,1-2H3. The Hall–Kier alpha value is -0.830. The Balaban J connectivity index is 2.16. The molecule has 0 amide bonds. The van der Waals surface area contributed by atoms with Crippen molar-refractivity contribution in [1.29, 1.82) is 0 Å². The van der Waals surface area contributed by atoms with Gasteiger partial charge in [-0.15, -0.1) is 11.3 Å². The van der Waals surface area contributed by atoms with Gasteiger partial charge in [-0.2, -0.15) is 0 Å². The van der Waals surface area contributed by atoms with Crippen LogP contribution in [0.2, 0.25) is 0 Å². The van der Waals surface area contributed by atoms with E-state index in [-0.39, 0.29) is 6.54 Å². The van der Waals surface area contributed by atoms with Crippen LogP contribution < -0.4 is 4.72 Å². The zero-order chi connectivity index (χ0) is 14.0. The highest BCUT2D eigenvalue weighted by atomic mass is 79.9. The third-order valence-electron chi connectivity index (χ3n) is 2.41. The van der Waals surface area contributed by atoms with E-state index >= 15 is 0 Å². The Labute approximate surface area is 124 Å². The van der Waals surface area contributed by atoms with Crippen molar-refractivity contribution in [3.63, 3.8) is 0 Å². The molecule has 0 bridgehead atoms. The van der Waals surface area contributed by atoms with E-state index in [4.69, 9.17) is 0 Å². The van der Waals surface area contributed by atoms with Crippen LogP contribution in [-0.4, -0.2) is 18.4 Å². The lowest BCUT2D eigenvalue weighted by Crippen LogP contribution is -2.24. The molecule has 102 valence electrons. The highest BCUT2D eigenvalue weighted by molar-refractivity contribution is 9.11. The van der Waals surface area contributed by atoms with Gasteiger partial charge in [0, 0.05) is 11.1 Å². The van der Waals surface area contributed by atoms with Crippen molar-refractivity contribution in [1.82, 2.24) is 14.7 Å². The van der Waals surface area contributed by atoms with Gasteiger partial charge < -0.3 is 0 Å². The van der Waals surface area contributed by atoms with Crippen LogP contribution >= 0.6 is 27.3 Å². The minimum atomic E-state index is -3.51. The Morgan fingerprint density at radius 2 is 2.16 bits per heavy atom. The molecule has 0 spiro atoms. The quantitative estimate of drug-likeness (QED) is 0.907.